The van der Waals surface area contributed by atoms with Crippen LogP contribution in [-0.4, -0.2) is 17.7 Å². The van der Waals surface area contributed by atoms with Gasteiger partial charge in [-0.3, -0.25) is 4.79 Å². The van der Waals surface area contributed by atoms with Gasteiger partial charge in [0.2, 0.25) is 0 Å². The van der Waals surface area contributed by atoms with Crippen LogP contribution in [0.1, 0.15) is 30.9 Å². The molecule has 4 nitrogen and oxygen atoms in total. The Morgan fingerprint density at radius 2 is 1.75 bits per heavy atom. The van der Waals surface area contributed by atoms with Gasteiger partial charge in [0, 0.05) is 12.8 Å². The van der Waals surface area contributed by atoms with Crippen molar-refractivity contribution in [2.24, 2.45) is 5.92 Å². The van der Waals surface area contributed by atoms with Crippen LogP contribution in [-0.2, 0) is 22.6 Å². The Balaban J connectivity index is 1.52. The van der Waals surface area contributed by atoms with E-state index in [-0.39, 0.29) is 6.42 Å². The average molecular weight is 378 g/mol. The molecule has 0 spiro atoms. The molecule has 0 aromatic heterocycles. The predicted molar refractivity (Wildman–Crippen MR) is 109 cm³/mol. The SMILES string of the molecule is C[C@@H]1C=C(COc2ccc(CCC(=O)O)cc2)C=C(OCc2ccccc2)C1. The lowest BCUT2D eigenvalue weighted by Gasteiger charge is -2.20. The fraction of sp³-hybridized carbons (Fsp3) is 0.292. The Morgan fingerprint density at radius 1 is 1.00 bits per heavy atom. The van der Waals surface area contributed by atoms with Gasteiger partial charge in [0.1, 0.15) is 19.0 Å². The number of ether oxygens (including phenoxy) is 2. The molecule has 0 amide bonds. The minimum atomic E-state index is -0.782. The zero-order chi connectivity index (χ0) is 19.8. The largest absolute Gasteiger partial charge is 0.493 e. The maximum atomic E-state index is 10.7. The molecule has 1 aliphatic carbocycles. The van der Waals surface area contributed by atoms with Gasteiger partial charge in [-0.25, -0.2) is 0 Å². The van der Waals surface area contributed by atoms with Crippen LogP contribution >= 0.6 is 0 Å². The fourth-order valence-electron chi connectivity index (χ4n) is 3.17. The highest BCUT2D eigenvalue weighted by molar-refractivity contribution is 5.67. The normalized spacial score (nSPS) is 16.1. The van der Waals surface area contributed by atoms with E-state index in [2.05, 4.69) is 31.2 Å². The molecular weight excluding hydrogens is 352 g/mol. The third kappa shape index (κ3) is 6.31. The third-order valence-corrected chi connectivity index (χ3v) is 4.59. The number of carbonyl (C=O) groups is 1. The van der Waals surface area contributed by atoms with Crippen LogP contribution in [0.5, 0.6) is 5.75 Å². The number of allylic oxidation sites excluding steroid dienone is 2. The average Bonchev–Trinajstić information content (AvgIpc) is 2.70. The van der Waals surface area contributed by atoms with Gasteiger partial charge in [0.05, 0.1) is 5.76 Å². The van der Waals surface area contributed by atoms with Crippen molar-refractivity contribution in [2.45, 2.75) is 32.8 Å². The first-order valence-corrected chi connectivity index (χ1v) is 9.60. The Labute approximate surface area is 166 Å². The number of carboxylic acid groups (broad SMARTS) is 1. The van der Waals surface area contributed by atoms with Crippen molar-refractivity contribution < 1.29 is 19.4 Å². The maximum absolute atomic E-state index is 10.7. The van der Waals surface area contributed by atoms with E-state index in [0.717, 1.165) is 34.6 Å². The van der Waals surface area contributed by atoms with Crippen LogP contribution in [0.2, 0.25) is 0 Å². The van der Waals surface area contributed by atoms with Crippen LogP contribution in [0.25, 0.3) is 0 Å². The molecule has 1 N–H and O–H groups in total. The van der Waals surface area contributed by atoms with Gasteiger partial charge in [-0.15, -0.1) is 0 Å². The van der Waals surface area contributed by atoms with Gasteiger partial charge >= 0.3 is 5.97 Å². The van der Waals surface area contributed by atoms with Crippen molar-refractivity contribution in [3.63, 3.8) is 0 Å². The molecule has 1 aliphatic rings. The van der Waals surface area contributed by atoms with E-state index >= 15 is 0 Å². The molecular formula is C24H26O4. The Hall–Kier alpha value is -3.01. The summed E-state index contributed by atoms with van der Waals surface area (Å²) < 4.78 is 11.9. The maximum Gasteiger partial charge on any atom is 0.303 e. The van der Waals surface area contributed by atoms with E-state index in [1.165, 1.54) is 0 Å². The molecule has 0 fully saturated rings. The number of benzene rings is 2. The van der Waals surface area contributed by atoms with Crippen LogP contribution in [0, 0.1) is 5.92 Å². The molecule has 146 valence electrons. The number of aliphatic carboxylic acids is 1. The van der Waals surface area contributed by atoms with E-state index in [9.17, 15) is 4.79 Å². The highest BCUT2D eigenvalue weighted by atomic mass is 16.5. The number of hydrogen-bond acceptors (Lipinski definition) is 3. The van der Waals surface area contributed by atoms with E-state index in [1.54, 1.807) is 0 Å². The van der Waals surface area contributed by atoms with Gasteiger partial charge in [0.25, 0.3) is 0 Å². The molecule has 0 saturated heterocycles. The number of aryl methyl sites for hydroxylation is 1. The molecule has 0 aliphatic heterocycles. The molecule has 0 radical (unpaired) electrons. The summed E-state index contributed by atoms with van der Waals surface area (Å²) in [7, 11) is 0. The minimum absolute atomic E-state index is 0.140. The lowest BCUT2D eigenvalue weighted by Crippen LogP contribution is -2.09. The Kier molecular flexibility index (Phi) is 6.90. The fourth-order valence-corrected chi connectivity index (χ4v) is 3.17. The monoisotopic (exact) mass is 378 g/mol. The van der Waals surface area contributed by atoms with Crippen molar-refractivity contribution in [1.29, 1.82) is 0 Å². The molecule has 3 rings (SSSR count). The standard InChI is InChI=1S/C24H26O4/c1-18-13-21(15-23(14-18)28-16-20-5-3-2-4-6-20)17-27-22-10-7-19(8-11-22)9-12-24(25)26/h2-8,10-11,13,15,18H,9,12,14,16-17H2,1H3,(H,25,26)/t18-/m1/s1. The molecule has 0 bridgehead atoms. The Bertz CT molecular complexity index is 835. The number of rotatable bonds is 9. The third-order valence-electron chi connectivity index (χ3n) is 4.59. The number of carboxylic acids is 1. The second kappa shape index (κ2) is 9.79. The summed E-state index contributed by atoms with van der Waals surface area (Å²) in [6.45, 7) is 3.23. The van der Waals surface area contributed by atoms with Gasteiger partial charge in [-0.05, 0) is 47.2 Å². The first-order chi connectivity index (χ1) is 13.6. The summed E-state index contributed by atoms with van der Waals surface area (Å²) in [5.74, 6) is 1.39. The van der Waals surface area contributed by atoms with Crippen LogP contribution in [0.3, 0.4) is 0 Å². The van der Waals surface area contributed by atoms with Crippen LogP contribution < -0.4 is 4.74 Å². The summed E-state index contributed by atoms with van der Waals surface area (Å²) in [5.41, 5.74) is 3.26. The summed E-state index contributed by atoms with van der Waals surface area (Å²) in [4.78, 5) is 10.7. The molecule has 1 atom stereocenters. The van der Waals surface area contributed by atoms with E-state index in [1.807, 2.05) is 42.5 Å². The van der Waals surface area contributed by atoms with Gasteiger partial charge < -0.3 is 14.6 Å². The van der Waals surface area contributed by atoms with Crippen LogP contribution in [0.15, 0.2) is 78.1 Å². The summed E-state index contributed by atoms with van der Waals surface area (Å²) in [6.07, 6.45) is 5.86. The second-order valence-corrected chi connectivity index (χ2v) is 7.13. The molecule has 0 heterocycles. The molecule has 28 heavy (non-hydrogen) atoms. The van der Waals surface area contributed by atoms with Crippen LogP contribution in [0.4, 0.5) is 0 Å². The summed E-state index contributed by atoms with van der Waals surface area (Å²) >= 11 is 0. The first kappa shape index (κ1) is 19.7. The van der Waals surface area contributed by atoms with E-state index in [4.69, 9.17) is 14.6 Å². The van der Waals surface area contributed by atoms with E-state index in [0.29, 0.717) is 25.6 Å². The van der Waals surface area contributed by atoms with Gasteiger partial charge in [-0.2, -0.15) is 0 Å². The second-order valence-electron chi connectivity index (χ2n) is 7.13. The highest BCUT2D eigenvalue weighted by Crippen LogP contribution is 2.25. The molecule has 0 saturated carbocycles. The van der Waals surface area contributed by atoms with E-state index < -0.39 is 5.97 Å². The predicted octanol–water partition coefficient (Wildman–Crippen LogP) is 5.15. The smallest absolute Gasteiger partial charge is 0.303 e. The minimum Gasteiger partial charge on any atom is -0.493 e. The van der Waals surface area contributed by atoms with Gasteiger partial charge in [-0.1, -0.05) is 55.5 Å². The van der Waals surface area contributed by atoms with Crippen molar-refractivity contribution in [3.8, 4) is 5.75 Å². The molecule has 2 aromatic carbocycles. The molecule has 4 heteroatoms. The van der Waals surface area contributed by atoms with Crippen molar-refractivity contribution in [1.82, 2.24) is 0 Å². The molecule has 0 unspecified atom stereocenters. The zero-order valence-corrected chi connectivity index (χ0v) is 16.1. The highest BCUT2D eigenvalue weighted by Gasteiger charge is 2.13. The quantitative estimate of drug-likeness (QED) is 0.656. The van der Waals surface area contributed by atoms with Crippen molar-refractivity contribution in [2.75, 3.05) is 6.61 Å². The number of hydrogen-bond donors (Lipinski definition) is 1. The lowest BCUT2D eigenvalue weighted by molar-refractivity contribution is -0.136. The van der Waals surface area contributed by atoms with Crippen molar-refractivity contribution in [3.05, 3.63) is 89.2 Å². The summed E-state index contributed by atoms with van der Waals surface area (Å²) in [6, 6.07) is 17.8. The zero-order valence-electron chi connectivity index (χ0n) is 16.1. The first-order valence-electron chi connectivity index (χ1n) is 9.60. The molecule has 2 aromatic rings. The Morgan fingerprint density at radius 3 is 2.46 bits per heavy atom. The topological polar surface area (TPSA) is 55.8 Å². The summed E-state index contributed by atoms with van der Waals surface area (Å²) in [5, 5.41) is 8.76. The lowest BCUT2D eigenvalue weighted by atomic mass is 9.97. The van der Waals surface area contributed by atoms with Crippen molar-refractivity contribution >= 4 is 5.97 Å². The van der Waals surface area contributed by atoms with Gasteiger partial charge in [0.15, 0.2) is 0 Å².